The zero-order chi connectivity index (χ0) is 19.4. The fourth-order valence-electron chi connectivity index (χ4n) is 3.72. The van der Waals surface area contributed by atoms with E-state index in [-0.39, 0.29) is 23.8 Å². The molecule has 3 rings (SSSR count). The number of likely N-dealkylation sites (tertiary alicyclic amines) is 1. The third-order valence-corrected chi connectivity index (χ3v) is 6.06. The van der Waals surface area contributed by atoms with E-state index in [0.29, 0.717) is 31.3 Å². The van der Waals surface area contributed by atoms with Crippen LogP contribution in [0.5, 0.6) is 0 Å². The van der Waals surface area contributed by atoms with Crippen molar-refractivity contribution in [3.8, 4) is 0 Å². The lowest BCUT2D eigenvalue weighted by molar-refractivity contribution is -0.141. The third-order valence-electron chi connectivity index (χ3n) is 5.65. The van der Waals surface area contributed by atoms with Crippen LogP contribution in [-0.4, -0.2) is 67.0 Å². The number of nitrogens with zero attached hydrogens (tertiary/aromatic N) is 2. The molecule has 2 heterocycles. The average Bonchev–Trinajstić information content (AvgIpc) is 2.71. The van der Waals surface area contributed by atoms with Crippen molar-refractivity contribution in [2.75, 3.05) is 44.7 Å². The van der Waals surface area contributed by atoms with Crippen LogP contribution in [-0.2, 0) is 14.3 Å². The molecule has 2 amide bonds. The van der Waals surface area contributed by atoms with E-state index < -0.39 is 0 Å². The first-order valence-corrected chi connectivity index (χ1v) is 10.0. The summed E-state index contributed by atoms with van der Waals surface area (Å²) in [5, 5.41) is 3.62. The summed E-state index contributed by atoms with van der Waals surface area (Å²) in [7, 11) is 0. The van der Waals surface area contributed by atoms with Gasteiger partial charge in [0.05, 0.1) is 19.3 Å². The predicted molar refractivity (Wildman–Crippen MR) is 106 cm³/mol. The van der Waals surface area contributed by atoms with E-state index in [1.165, 1.54) is 0 Å². The van der Waals surface area contributed by atoms with Crippen LogP contribution in [0.15, 0.2) is 18.2 Å². The van der Waals surface area contributed by atoms with E-state index in [0.717, 1.165) is 37.2 Å². The summed E-state index contributed by atoms with van der Waals surface area (Å²) < 4.78 is 5.32. The van der Waals surface area contributed by atoms with Gasteiger partial charge in [0.25, 0.3) is 0 Å². The maximum Gasteiger partial charge on any atom is 0.241 e. The molecular weight excluding hydrogens is 366 g/mol. The molecule has 0 aliphatic carbocycles. The SMILES string of the molecule is Cc1c(Cl)cccc1NC(=O)[C@H](C)N1CCC(C(=O)N2CCOCC2)CC1. The fourth-order valence-corrected chi connectivity index (χ4v) is 3.90. The van der Waals surface area contributed by atoms with Gasteiger partial charge in [0.2, 0.25) is 11.8 Å². The molecule has 148 valence electrons. The number of morpholine rings is 1. The van der Waals surface area contributed by atoms with Crippen LogP contribution in [0.25, 0.3) is 0 Å². The van der Waals surface area contributed by atoms with Gasteiger partial charge >= 0.3 is 0 Å². The minimum atomic E-state index is -0.247. The van der Waals surface area contributed by atoms with E-state index in [1.807, 2.05) is 36.9 Å². The van der Waals surface area contributed by atoms with E-state index >= 15 is 0 Å². The first kappa shape index (κ1) is 20.1. The van der Waals surface area contributed by atoms with Crippen LogP contribution in [0.2, 0.25) is 5.02 Å². The Bertz CT molecular complexity index is 683. The van der Waals surface area contributed by atoms with Crippen LogP contribution in [0.1, 0.15) is 25.3 Å². The summed E-state index contributed by atoms with van der Waals surface area (Å²) in [5.41, 5.74) is 1.62. The highest BCUT2D eigenvalue weighted by Gasteiger charge is 2.32. The molecule has 0 spiro atoms. The van der Waals surface area contributed by atoms with Gasteiger partial charge in [0.1, 0.15) is 0 Å². The molecule has 1 aromatic carbocycles. The topological polar surface area (TPSA) is 61.9 Å². The second kappa shape index (κ2) is 9.04. The molecule has 1 N–H and O–H groups in total. The van der Waals surface area contributed by atoms with Crippen LogP contribution in [0.3, 0.4) is 0 Å². The molecule has 0 bridgehead atoms. The molecule has 6 nitrogen and oxygen atoms in total. The van der Waals surface area contributed by atoms with Crippen molar-refractivity contribution in [1.82, 2.24) is 9.80 Å². The standard InChI is InChI=1S/C20H28ClN3O3/c1-14-17(21)4-3-5-18(14)22-19(25)15(2)23-8-6-16(7-9-23)20(26)24-10-12-27-13-11-24/h3-5,15-16H,6-13H2,1-2H3,(H,22,25)/t15-/m0/s1. The maximum atomic E-state index is 12.7. The number of amides is 2. The fraction of sp³-hybridized carbons (Fsp3) is 0.600. The van der Waals surface area contributed by atoms with Crippen molar-refractivity contribution < 1.29 is 14.3 Å². The molecular formula is C20H28ClN3O3. The first-order valence-electron chi connectivity index (χ1n) is 9.64. The van der Waals surface area contributed by atoms with Crippen LogP contribution < -0.4 is 5.32 Å². The zero-order valence-corrected chi connectivity index (χ0v) is 16.8. The highest BCUT2D eigenvalue weighted by atomic mass is 35.5. The third kappa shape index (κ3) is 4.81. The van der Waals surface area contributed by atoms with Gasteiger partial charge in [-0.25, -0.2) is 0 Å². The van der Waals surface area contributed by atoms with Crippen molar-refractivity contribution in [3.63, 3.8) is 0 Å². The van der Waals surface area contributed by atoms with Gasteiger partial charge in [0.15, 0.2) is 0 Å². The van der Waals surface area contributed by atoms with E-state index in [9.17, 15) is 9.59 Å². The Kier molecular flexibility index (Phi) is 6.73. The molecule has 7 heteroatoms. The quantitative estimate of drug-likeness (QED) is 0.853. The summed E-state index contributed by atoms with van der Waals surface area (Å²) in [6.45, 7) is 7.96. The molecule has 0 radical (unpaired) electrons. The number of anilines is 1. The Balaban J connectivity index is 1.51. The maximum absolute atomic E-state index is 12.7. The van der Waals surface area contributed by atoms with E-state index in [2.05, 4.69) is 10.2 Å². The number of nitrogens with one attached hydrogen (secondary N) is 1. The number of ether oxygens (including phenoxy) is 1. The highest BCUT2D eigenvalue weighted by molar-refractivity contribution is 6.31. The van der Waals surface area contributed by atoms with Crippen molar-refractivity contribution in [1.29, 1.82) is 0 Å². The Morgan fingerprint density at radius 2 is 1.85 bits per heavy atom. The lowest BCUT2D eigenvalue weighted by Crippen LogP contribution is -2.50. The Morgan fingerprint density at radius 3 is 2.52 bits per heavy atom. The van der Waals surface area contributed by atoms with Crippen molar-refractivity contribution in [3.05, 3.63) is 28.8 Å². The smallest absolute Gasteiger partial charge is 0.241 e. The molecule has 2 aliphatic rings. The summed E-state index contributed by atoms with van der Waals surface area (Å²) in [6.07, 6.45) is 1.59. The second-order valence-electron chi connectivity index (χ2n) is 7.33. The number of hydrogen-bond donors (Lipinski definition) is 1. The van der Waals surface area contributed by atoms with E-state index in [4.69, 9.17) is 16.3 Å². The van der Waals surface area contributed by atoms with Gasteiger partial charge in [-0.05, 0) is 57.5 Å². The van der Waals surface area contributed by atoms with Gasteiger partial charge in [-0.3, -0.25) is 14.5 Å². The van der Waals surface area contributed by atoms with E-state index in [1.54, 1.807) is 0 Å². The molecule has 0 aromatic heterocycles. The Hall–Kier alpha value is -1.63. The number of piperidine rings is 1. The number of rotatable bonds is 4. The molecule has 27 heavy (non-hydrogen) atoms. The Labute approximate surface area is 165 Å². The molecule has 2 aliphatic heterocycles. The van der Waals surface area contributed by atoms with Crippen LogP contribution in [0, 0.1) is 12.8 Å². The Morgan fingerprint density at radius 1 is 1.19 bits per heavy atom. The lowest BCUT2D eigenvalue weighted by atomic mass is 9.94. The van der Waals surface area contributed by atoms with Crippen molar-refractivity contribution in [2.24, 2.45) is 5.92 Å². The second-order valence-corrected chi connectivity index (χ2v) is 7.73. The predicted octanol–water partition coefficient (Wildman–Crippen LogP) is 2.55. The lowest BCUT2D eigenvalue weighted by Gasteiger charge is -2.37. The molecule has 1 aromatic rings. The first-order chi connectivity index (χ1) is 13.0. The number of benzene rings is 1. The van der Waals surface area contributed by atoms with Crippen molar-refractivity contribution >= 4 is 29.1 Å². The van der Waals surface area contributed by atoms with Gasteiger partial charge in [-0.1, -0.05) is 17.7 Å². The largest absolute Gasteiger partial charge is 0.378 e. The summed E-state index contributed by atoms with van der Waals surface area (Å²) in [5.74, 6) is 0.257. The minimum Gasteiger partial charge on any atom is -0.378 e. The highest BCUT2D eigenvalue weighted by Crippen LogP contribution is 2.25. The number of hydrogen-bond acceptors (Lipinski definition) is 4. The summed E-state index contributed by atoms with van der Waals surface area (Å²) >= 11 is 6.13. The van der Waals surface area contributed by atoms with Crippen LogP contribution in [0.4, 0.5) is 5.69 Å². The zero-order valence-electron chi connectivity index (χ0n) is 16.0. The summed E-state index contributed by atoms with van der Waals surface area (Å²) in [4.78, 5) is 29.4. The monoisotopic (exact) mass is 393 g/mol. The molecule has 0 unspecified atom stereocenters. The number of halogens is 1. The number of carbonyl (C=O) groups is 2. The molecule has 2 saturated heterocycles. The molecule has 2 fully saturated rings. The van der Waals surface area contributed by atoms with Gasteiger partial charge in [-0.15, -0.1) is 0 Å². The van der Waals surface area contributed by atoms with Gasteiger partial charge < -0.3 is 15.0 Å². The normalized spacial score (nSPS) is 20.3. The van der Waals surface area contributed by atoms with Gasteiger partial charge in [0, 0.05) is 29.7 Å². The minimum absolute atomic E-state index is 0.0432. The average molecular weight is 394 g/mol. The van der Waals surface area contributed by atoms with Gasteiger partial charge in [-0.2, -0.15) is 0 Å². The molecule has 0 saturated carbocycles. The summed E-state index contributed by atoms with van der Waals surface area (Å²) in [6, 6.07) is 5.26. The van der Waals surface area contributed by atoms with Crippen molar-refractivity contribution in [2.45, 2.75) is 32.7 Å². The molecule has 1 atom stereocenters. The van der Waals surface area contributed by atoms with Crippen LogP contribution >= 0.6 is 11.6 Å². The number of carbonyl (C=O) groups excluding carboxylic acids is 2.